The van der Waals surface area contributed by atoms with Crippen molar-refractivity contribution in [1.82, 2.24) is 0 Å². The molecule has 1 aliphatic carbocycles. The molecule has 0 atom stereocenters. The molecule has 0 bridgehead atoms. The molecule has 2 rings (SSSR count). The van der Waals surface area contributed by atoms with Crippen LogP contribution in [0.25, 0.3) is 0 Å². The molecule has 1 radical (unpaired) electrons. The predicted octanol–water partition coefficient (Wildman–Crippen LogP) is 4.16. The van der Waals surface area contributed by atoms with Gasteiger partial charge in [0.2, 0.25) is 0 Å². The molecule has 1 aromatic rings. The van der Waals surface area contributed by atoms with Gasteiger partial charge in [-0.15, -0.1) is 13.2 Å². The number of hydrogen-bond acceptors (Lipinski definition) is 1. The minimum atomic E-state index is -4.65. The lowest BCUT2D eigenvalue weighted by molar-refractivity contribution is -0.274. The monoisotopic (exact) mass is 293 g/mol. The summed E-state index contributed by atoms with van der Waals surface area (Å²) in [5.74, 6) is 0.218. The van der Waals surface area contributed by atoms with Gasteiger partial charge in [0.15, 0.2) is 0 Å². The van der Waals surface area contributed by atoms with Gasteiger partial charge in [0.1, 0.15) is 5.75 Å². The summed E-state index contributed by atoms with van der Waals surface area (Å²) in [7, 11) is 0. The maximum atomic E-state index is 12.0. The third-order valence-corrected chi connectivity index (χ3v) is 2.97. The second-order valence-electron chi connectivity index (χ2n) is 3.71. The molecule has 0 spiro atoms. The fourth-order valence-electron chi connectivity index (χ4n) is 1.60. The van der Waals surface area contributed by atoms with E-state index in [2.05, 4.69) is 26.7 Å². The Kier molecular flexibility index (Phi) is 3.15. The van der Waals surface area contributed by atoms with Crippen LogP contribution in [-0.4, -0.2) is 6.36 Å². The largest absolute Gasteiger partial charge is 0.573 e. The summed E-state index contributed by atoms with van der Waals surface area (Å²) in [6, 6.07) is 5.68. The quantitative estimate of drug-likeness (QED) is 0.761. The third kappa shape index (κ3) is 2.90. The Morgan fingerprint density at radius 2 is 2.06 bits per heavy atom. The normalized spacial score (nSPS) is 16.2. The minimum Gasteiger partial charge on any atom is -0.405 e. The van der Waals surface area contributed by atoms with Crippen LogP contribution in [0.3, 0.4) is 0 Å². The van der Waals surface area contributed by atoms with E-state index in [0.717, 1.165) is 24.0 Å². The van der Waals surface area contributed by atoms with E-state index < -0.39 is 6.36 Å². The highest BCUT2D eigenvalue weighted by Gasteiger charge is 2.32. The molecule has 0 N–H and O–H groups in total. The van der Waals surface area contributed by atoms with E-state index in [0.29, 0.717) is 11.2 Å². The molecule has 1 aromatic carbocycles. The van der Waals surface area contributed by atoms with E-state index in [9.17, 15) is 13.2 Å². The van der Waals surface area contributed by atoms with Crippen LogP contribution >= 0.6 is 15.9 Å². The number of ether oxygens (including phenoxy) is 1. The van der Waals surface area contributed by atoms with Crippen molar-refractivity contribution in [3.05, 3.63) is 29.3 Å². The van der Waals surface area contributed by atoms with Gasteiger partial charge in [-0.25, -0.2) is 0 Å². The van der Waals surface area contributed by atoms with Crippen LogP contribution in [0.2, 0.25) is 0 Å². The van der Waals surface area contributed by atoms with Crippen molar-refractivity contribution in [3.8, 4) is 5.75 Å². The first-order valence-electron chi connectivity index (χ1n) is 4.86. The van der Waals surface area contributed by atoms with E-state index in [-0.39, 0.29) is 5.75 Å². The molecule has 1 aliphatic rings. The lowest BCUT2D eigenvalue weighted by Crippen LogP contribution is -2.17. The summed E-state index contributed by atoms with van der Waals surface area (Å²) >= 11 is 3.25. The van der Waals surface area contributed by atoms with Gasteiger partial charge in [0.25, 0.3) is 0 Å². The van der Waals surface area contributed by atoms with E-state index in [1.807, 2.05) is 0 Å². The Labute approximate surface area is 99.7 Å². The molecular weight excluding hydrogens is 285 g/mol. The van der Waals surface area contributed by atoms with Gasteiger partial charge < -0.3 is 4.74 Å². The van der Waals surface area contributed by atoms with Crippen molar-refractivity contribution < 1.29 is 17.9 Å². The van der Waals surface area contributed by atoms with Gasteiger partial charge in [-0.1, -0.05) is 22.0 Å². The molecular formula is C11H9BrF3O. The Bertz CT molecular complexity index is 385. The number of halogens is 4. The summed E-state index contributed by atoms with van der Waals surface area (Å²) in [6.07, 6.45) is -2.44. The first-order valence-corrected chi connectivity index (χ1v) is 5.98. The van der Waals surface area contributed by atoms with Crippen molar-refractivity contribution in [2.45, 2.75) is 30.5 Å². The first kappa shape index (κ1) is 11.8. The molecule has 0 aromatic heterocycles. The molecule has 0 unspecified atom stereocenters. The molecule has 0 heterocycles. The van der Waals surface area contributed by atoms with Crippen LogP contribution in [0.1, 0.15) is 29.9 Å². The lowest BCUT2D eigenvalue weighted by atomic mass is 10.0. The van der Waals surface area contributed by atoms with Crippen molar-refractivity contribution in [2.24, 2.45) is 0 Å². The minimum absolute atomic E-state index is 0.272. The molecule has 1 fully saturated rings. The van der Waals surface area contributed by atoms with Crippen molar-refractivity contribution in [2.75, 3.05) is 0 Å². The average molecular weight is 294 g/mol. The second kappa shape index (κ2) is 4.28. The highest BCUT2D eigenvalue weighted by molar-refractivity contribution is 9.08. The van der Waals surface area contributed by atoms with Crippen LogP contribution in [0.5, 0.6) is 5.75 Å². The Morgan fingerprint density at radius 1 is 1.38 bits per heavy atom. The molecule has 1 nitrogen and oxygen atoms in total. The summed E-state index contributed by atoms with van der Waals surface area (Å²) in [4.78, 5) is 0. The van der Waals surface area contributed by atoms with Gasteiger partial charge in [0, 0.05) is 11.4 Å². The van der Waals surface area contributed by atoms with Gasteiger partial charge >= 0.3 is 6.36 Å². The Morgan fingerprint density at radius 3 is 2.56 bits per heavy atom. The smallest absolute Gasteiger partial charge is 0.405 e. The van der Waals surface area contributed by atoms with E-state index in [1.165, 1.54) is 6.07 Å². The van der Waals surface area contributed by atoms with Crippen LogP contribution < -0.4 is 4.74 Å². The zero-order valence-corrected chi connectivity index (χ0v) is 9.86. The van der Waals surface area contributed by atoms with Crippen LogP contribution in [0.15, 0.2) is 12.1 Å². The van der Waals surface area contributed by atoms with E-state index in [4.69, 9.17) is 0 Å². The maximum Gasteiger partial charge on any atom is 0.573 e. The van der Waals surface area contributed by atoms with Crippen LogP contribution in [0.4, 0.5) is 13.2 Å². The molecule has 16 heavy (non-hydrogen) atoms. The fraction of sp³-hybridized carbons (Fsp3) is 0.455. The van der Waals surface area contributed by atoms with Crippen molar-refractivity contribution in [3.63, 3.8) is 0 Å². The Hall–Kier alpha value is -0.710. The molecule has 87 valence electrons. The molecule has 0 aliphatic heterocycles. The first-order chi connectivity index (χ1) is 7.49. The topological polar surface area (TPSA) is 9.23 Å². The zero-order chi connectivity index (χ0) is 11.8. The number of benzene rings is 1. The van der Waals surface area contributed by atoms with Gasteiger partial charge in [-0.2, -0.15) is 0 Å². The maximum absolute atomic E-state index is 12.0. The molecule has 0 amide bonds. The predicted molar refractivity (Wildman–Crippen MR) is 56.6 cm³/mol. The Balaban J connectivity index is 2.22. The summed E-state index contributed by atoms with van der Waals surface area (Å²) in [5, 5.41) is 0.494. The second-order valence-corrected chi connectivity index (χ2v) is 4.27. The molecule has 1 saturated carbocycles. The van der Waals surface area contributed by atoms with Gasteiger partial charge in [0.05, 0.1) is 0 Å². The van der Waals surface area contributed by atoms with Crippen LogP contribution in [0, 0.1) is 6.07 Å². The van der Waals surface area contributed by atoms with Crippen molar-refractivity contribution >= 4 is 15.9 Å². The van der Waals surface area contributed by atoms with E-state index in [1.54, 1.807) is 6.07 Å². The standard InChI is InChI=1S/C11H9BrF3O/c12-6-8-5-9(16-11(13,14)15)3-4-10(8)7-1-2-7/h3-4,7H,1-2,6H2. The van der Waals surface area contributed by atoms with Crippen molar-refractivity contribution in [1.29, 1.82) is 0 Å². The third-order valence-electron chi connectivity index (χ3n) is 2.41. The number of hydrogen-bond donors (Lipinski definition) is 0. The fourth-order valence-corrected chi connectivity index (χ4v) is 2.06. The summed E-state index contributed by atoms with van der Waals surface area (Å²) < 4.78 is 39.8. The highest BCUT2D eigenvalue weighted by atomic mass is 79.9. The zero-order valence-electron chi connectivity index (χ0n) is 8.27. The molecule has 5 heteroatoms. The van der Waals surface area contributed by atoms with E-state index >= 15 is 0 Å². The lowest BCUT2D eigenvalue weighted by Gasteiger charge is -2.11. The molecule has 0 saturated heterocycles. The van der Waals surface area contributed by atoms with Crippen LogP contribution in [-0.2, 0) is 5.33 Å². The SMILES string of the molecule is FC(F)(F)Oc1[c]c(CBr)c(C2CC2)cc1. The van der Waals surface area contributed by atoms with Gasteiger partial charge in [-0.3, -0.25) is 0 Å². The number of rotatable bonds is 3. The number of alkyl halides is 4. The highest BCUT2D eigenvalue weighted by Crippen LogP contribution is 2.43. The van der Waals surface area contributed by atoms with Gasteiger partial charge in [-0.05, 0) is 36.0 Å². The summed E-state index contributed by atoms with van der Waals surface area (Å²) in [5.41, 5.74) is 1.83. The average Bonchev–Trinajstić information content (AvgIpc) is 2.98. The summed E-state index contributed by atoms with van der Waals surface area (Å²) in [6.45, 7) is 0.